The molecule has 0 fully saturated rings. The van der Waals surface area contributed by atoms with E-state index in [9.17, 15) is 0 Å². The highest BCUT2D eigenvalue weighted by atomic mass is 79.9. The Labute approximate surface area is 183 Å². The van der Waals surface area contributed by atoms with Crippen LogP contribution in [0.5, 0.6) is 0 Å². The van der Waals surface area contributed by atoms with Gasteiger partial charge in [-0.3, -0.25) is 0 Å². The minimum absolute atomic E-state index is 1.07. The van der Waals surface area contributed by atoms with Crippen LogP contribution in [0.2, 0.25) is 0 Å². The van der Waals surface area contributed by atoms with Gasteiger partial charge in [-0.05, 0) is 74.8 Å². The molecule has 0 aliphatic rings. The van der Waals surface area contributed by atoms with Crippen molar-refractivity contribution in [1.29, 1.82) is 0 Å². The van der Waals surface area contributed by atoms with Gasteiger partial charge in [-0.25, -0.2) is 0 Å². The number of benzene rings is 6. The smallest absolute Gasteiger partial charge is 0.0473 e. The summed E-state index contributed by atoms with van der Waals surface area (Å²) in [5, 5.41) is 7.82. The molecule has 6 aromatic carbocycles. The predicted octanol–water partition coefficient (Wildman–Crippen LogP) is 8.82. The maximum atomic E-state index is 3.64. The van der Waals surface area contributed by atoms with E-state index in [1.54, 1.807) is 0 Å². The summed E-state index contributed by atoms with van der Waals surface area (Å²) in [6, 6.07) is 39.1. The monoisotopic (exact) mass is 447 g/mol. The minimum atomic E-state index is 1.07. The van der Waals surface area contributed by atoms with E-state index < -0.39 is 0 Å². The van der Waals surface area contributed by atoms with Crippen molar-refractivity contribution in [3.05, 3.63) is 114 Å². The van der Waals surface area contributed by atoms with Crippen molar-refractivity contribution in [1.82, 2.24) is 0 Å². The van der Waals surface area contributed by atoms with E-state index in [1.807, 2.05) is 0 Å². The number of hydrogen-bond donors (Lipinski definition) is 0. The van der Waals surface area contributed by atoms with E-state index in [1.165, 1.54) is 32.3 Å². The van der Waals surface area contributed by atoms with Crippen LogP contribution < -0.4 is 4.90 Å². The Kier molecular flexibility index (Phi) is 4.00. The second kappa shape index (κ2) is 6.86. The molecular weight excluding hydrogens is 430 g/mol. The van der Waals surface area contributed by atoms with E-state index in [4.69, 9.17) is 0 Å². The summed E-state index contributed by atoms with van der Waals surface area (Å²) < 4.78 is 1.07. The summed E-state index contributed by atoms with van der Waals surface area (Å²) in [6.45, 7) is 0. The third kappa shape index (κ3) is 2.76. The van der Waals surface area contributed by atoms with Gasteiger partial charge in [-0.15, -0.1) is 0 Å². The zero-order valence-electron chi connectivity index (χ0n) is 16.2. The van der Waals surface area contributed by atoms with E-state index in [-0.39, 0.29) is 0 Å². The molecule has 6 aromatic rings. The van der Waals surface area contributed by atoms with Gasteiger partial charge in [-0.1, -0.05) is 82.7 Å². The van der Waals surface area contributed by atoms with E-state index >= 15 is 0 Å². The lowest BCUT2D eigenvalue weighted by Gasteiger charge is -2.26. The van der Waals surface area contributed by atoms with Gasteiger partial charge in [0.05, 0.1) is 0 Å². The van der Waals surface area contributed by atoms with Crippen LogP contribution in [0, 0.1) is 0 Å². The van der Waals surface area contributed by atoms with Crippen LogP contribution in [0.15, 0.2) is 114 Å². The summed E-state index contributed by atoms with van der Waals surface area (Å²) >= 11 is 3.64. The molecule has 0 saturated carbocycles. The first-order chi connectivity index (χ1) is 14.8. The van der Waals surface area contributed by atoms with Gasteiger partial charge in [-0.2, -0.15) is 0 Å². The molecule has 6 rings (SSSR count). The largest absolute Gasteiger partial charge is 0.310 e. The minimum Gasteiger partial charge on any atom is -0.310 e. The fourth-order valence-corrected chi connectivity index (χ4v) is 4.89. The SMILES string of the molecule is Brc1cccc(N(c2ccccc2)c2cc3ccc4cccc5ccc(c2)c3c45)c1. The van der Waals surface area contributed by atoms with Crippen molar-refractivity contribution in [3.63, 3.8) is 0 Å². The van der Waals surface area contributed by atoms with Crippen LogP contribution in [0.3, 0.4) is 0 Å². The van der Waals surface area contributed by atoms with Crippen LogP contribution in [0.4, 0.5) is 17.1 Å². The fraction of sp³-hybridized carbons (Fsp3) is 0. The summed E-state index contributed by atoms with van der Waals surface area (Å²) in [5.74, 6) is 0. The molecule has 0 amide bonds. The molecule has 1 nitrogen and oxygen atoms in total. The zero-order chi connectivity index (χ0) is 20.1. The Morgan fingerprint density at radius 1 is 0.433 bits per heavy atom. The molecule has 0 aliphatic carbocycles. The number of hydrogen-bond acceptors (Lipinski definition) is 1. The molecule has 0 aromatic heterocycles. The Hall–Kier alpha value is -3.36. The molecule has 0 heterocycles. The number of nitrogens with zero attached hydrogens (tertiary/aromatic N) is 1. The first-order valence-electron chi connectivity index (χ1n) is 10.1. The van der Waals surface area contributed by atoms with Crippen LogP contribution in [0.25, 0.3) is 32.3 Å². The summed E-state index contributed by atoms with van der Waals surface area (Å²) in [6.07, 6.45) is 0. The van der Waals surface area contributed by atoms with Gasteiger partial charge in [0.2, 0.25) is 0 Å². The van der Waals surface area contributed by atoms with E-state index in [0.29, 0.717) is 0 Å². The third-order valence-corrected chi connectivity index (χ3v) is 6.28. The summed E-state index contributed by atoms with van der Waals surface area (Å²) in [7, 11) is 0. The Morgan fingerprint density at radius 2 is 1.00 bits per heavy atom. The Bertz CT molecular complexity index is 1440. The molecule has 0 bridgehead atoms. The second-order valence-electron chi connectivity index (χ2n) is 7.63. The standard InChI is InChI=1S/C28H18BrN/c29-23-8-5-11-25(18-23)30(24-9-2-1-3-10-24)26-16-21-14-12-19-6-4-7-20-13-15-22(17-26)28(21)27(19)20/h1-18H. The average molecular weight is 448 g/mol. The number of anilines is 3. The molecule has 0 radical (unpaired) electrons. The molecule has 0 atom stereocenters. The number of halogens is 1. The van der Waals surface area contributed by atoms with Crippen molar-refractivity contribution in [3.8, 4) is 0 Å². The van der Waals surface area contributed by atoms with Gasteiger partial charge in [0.15, 0.2) is 0 Å². The topological polar surface area (TPSA) is 3.24 Å². The lowest BCUT2D eigenvalue weighted by molar-refractivity contribution is 1.29. The highest BCUT2D eigenvalue weighted by molar-refractivity contribution is 9.10. The first-order valence-corrected chi connectivity index (χ1v) is 10.9. The van der Waals surface area contributed by atoms with Crippen LogP contribution in [0.1, 0.15) is 0 Å². The van der Waals surface area contributed by atoms with Crippen molar-refractivity contribution >= 4 is 65.3 Å². The van der Waals surface area contributed by atoms with Crippen molar-refractivity contribution < 1.29 is 0 Å². The normalized spacial score (nSPS) is 11.5. The van der Waals surface area contributed by atoms with Crippen LogP contribution in [-0.4, -0.2) is 0 Å². The molecular formula is C28H18BrN. The number of para-hydroxylation sites is 1. The van der Waals surface area contributed by atoms with E-state index in [0.717, 1.165) is 21.5 Å². The molecule has 142 valence electrons. The Balaban J connectivity index is 1.66. The molecule has 0 unspecified atom stereocenters. The number of rotatable bonds is 3. The fourth-order valence-electron chi connectivity index (χ4n) is 4.51. The van der Waals surface area contributed by atoms with Crippen molar-refractivity contribution in [2.45, 2.75) is 0 Å². The lowest BCUT2D eigenvalue weighted by Crippen LogP contribution is -2.09. The maximum absolute atomic E-state index is 3.64. The molecule has 0 N–H and O–H groups in total. The Morgan fingerprint density at radius 3 is 1.67 bits per heavy atom. The average Bonchev–Trinajstić information content (AvgIpc) is 2.78. The molecule has 2 heteroatoms. The quantitative estimate of drug-likeness (QED) is 0.245. The molecule has 0 aliphatic heterocycles. The highest BCUT2D eigenvalue weighted by Gasteiger charge is 2.16. The van der Waals surface area contributed by atoms with Crippen LogP contribution in [-0.2, 0) is 0 Å². The van der Waals surface area contributed by atoms with Gasteiger partial charge >= 0.3 is 0 Å². The maximum Gasteiger partial charge on any atom is 0.0473 e. The third-order valence-electron chi connectivity index (χ3n) is 5.79. The summed E-state index contributed by atoms with van der Waals surface area (Å²) in [4.78, 5) is 2.32. The van der Waals surface area contributed by atoms with Crippen LogP contribution >= 0.6 is 15.9 Å². The molecule has 0 spiro atoms. The van der Waals surface area contributed by atoms with E-state index in [2.05, 4.69) is 130 Å². The van der Waals surface area contributed by atoms with Crippen molar-refractivity contribution in [2.75, 3.05) is 4.90 Å². The predicted molar refractivity (Wildman–Crippen MR) is 133 cm³/mol. The van der Waals surface area contributed by atoms with Gasteiger partial charge in [0.1, 0.15) is 0 Å². The summed E-state index contributed by atoms with van der Waals surface area (Å²) in [5.41, 5.74) is 3.43. The highest BCUT2D eigenvalue weighted by Crippen LogP contribution is 2.41. The van der Waals surface area contributed by atoms with Gasteiger partial charge in [0.25, 0.3) is 0 Å². The second-order valence-corrected chi connectivity index (χ2v) is 8.54. The zero-order valence-corrected chi connectivity index (χ0v) is 17.8. The lowest BCUT2D eigenvalue weighted by atomic mass is 9.93. The molecule has 30 heavy (non-hydrogen) atoms. The van der Waals surface area contributed by atoms with Gasteiger partial charge in [0, 0.05) is 21.5 Å². The molecule has 0 saturated heterocycles. The van der Waals surface area contributed by atoms with Gasteiger partial charge < -0.3 is 4.90 Å². The van der Waals surface area contributed by atoms with Crippen molar-refractivity contribution in [2.24, 2.45) is 0 Å². The first kappa shape index (κ1) is 17.5.